The third-order valence-corrected chi connectivity index (χ3v) is 5.75. The van der Waals surface area contributed by atoms with Gasteiger partial charge in [0.05, 0.1) is 16.4 Å². The monoisotopic (exact) mass is 452 g/mol. The van der Waals surface area contributed by atoms with Gasteiger partial charge in [0, 0.05) is 21.7 Å². The molecule has 0 aliphatic carbocycles. The molecule has 3 aromatic carbocycles. The number of H-pyrrole nitrogens is 1. The van der Waals surface area contributed by atoms with Gasteiger partial charge in [0.1, 0.15) is 5.82 Å². The van der Waals surface area contributed by atoms with Crippen molar-refractivity contribution in [3.8, 4) is 56.9 Å². The van der Waals surface area contributed by atoms with E-state index in [0.717, 1.165) is 28.1 Å². The highest BCUT2D eigenvalue weighted by molar-refractivity contribution is 6.36. The second kappa shape index (κ2) is 7.11. The summed E-state index contributed by atoms with van der Waals surface area (Å²) >= 11 is 12.5. The zero-order valence-electron chi connectivity index (χ0n) is 15.9. The Morgan fingerprint density at radius 1 is 0.710 bits per heavy atom. The first kappa shape index (κ1) is 18.4. The van der Waals surface area contributed by atoms with Gasteiger partial charge < -0.3 is 23.9 Å². The zero-order valence-corrected chi connectivity index (χ0v) is 17.5. The van der Waals surface area contributed by atoms with Crippen molar-refractivity contribution >= 4 is 23.2 Å². The van der Waals surface area contributed by atoms with Crippen LogP contribution >= 0.6 is 23.2 Å². The number of hydrogen-bond acceptors (Lipinski definition) is 5. The molecule has 0 saturated carbocycles. The highest BCUT2D eigenvalue weighted by Crippen LogP contribution is 2.42. The van der Waals surface area contributed by atoms with Crippen molar-refractivity contribution in [3.63, 3.8) is 0 Å². The Bertz CT molecular complexity index is 1260. The Balaban J connectivity index is 1.54. The first-order valence-electron chi connectivity index (χ1n) is 9.51. The lowest BCUT2D eigenvalue weighted by Gasteiger charge is -2.05. The fourth-order valence-electron chi connectivity index (χ4n) is 3.70. The lowest BCUT2D eigenvalue weighted by atomic mass is 10.0. The molecule has 2 aliphatic rings. The average Bonchev–Trinajstić information content (AvgIpc) is 3.51. The molecule has 1 N–H and O–H groups in total. The van der Waals surface area contributed by atoms with Crippen molar-refractivity contribution in [2.45, 2.75) is 0 Å². The third kappa shape index (κ3) is 3.15. The van der Waals surface area contributed by atoms with E-state index >= 15 is 0 Å². The molecule has 0 amide bonds. The molecule has 1 aromatic heterocycles. The van der Waals surface area contributed by atoms with Gasteiger partial charge in [-0.05, 0) is 54.6 Å². The van der Waals surface area contributed by atoms with Crippen molar-refractivity contribution in [2.24, 2.45) is 0 Å². The Labute approximate surface area is 187 Å². The molecule has 0 unspecified atom stereocenters. The second-order valence-corrected chi connectivity index (χ2v) is 7.91. The summed E-state index contributed by atoms with van der Waals surface area (Å²) < 4.78 is 22.0. The van der Waals surface area contributed by atoms with Gasteiger partial charge >= 0.3 is 0 Å². The largest absolute Gasteiger partial charge is 0.454 e. The van der Waals surface area contributed by atoms with Crippen LogP contribution in [0.2, 0.25) is 10.0 Å². The number of nitrogens with one attached hydrogen (secondary N) is 1. The number of aromatic nitrogens is 2. The maximum Gasteiger partial charge on any atom is 0.231 e. The normalized spacial score (nSPS) is 13.6. The quantitative estimate of drug-likeness (QED) is 0.402. The van der Waals surface area contributed by atoms with E-state index in [0.29, 0.717) is 38.9 Å². The molecule has 8 heteroatoms. The molecule has 4 aromatic rings. The van der Waals surface area contributed by atoms with Crippen LogP contribution in [-0.2, 0) is 0 Å². The first-order valence-corrected chi connectivity index (χ1v) is 10.3. The van der Waals surface area contributed by atoms with Gasteiger partial charge in [-0.2, -0.15) is 0 Å². The van der Waals surface area contributed by atoms with Gasteiger partial charge in [0.15, 0.2) is 23.0 Å². The summed E-state index contributed by atoms with van der Waals surface area (Å²) in [6, 6.07) is 16.9. The van der Waals surface area contributed by atoms with Gasteiger partial charge in [0.25, 0.3) is 0 Å². The van der Waals surface area contributed by atoms with Crippen LogP contribution in [-0.4, -0.2) is 23.6 Å². The lowest BCUT2D eigenvalue weighted by Crippen LogP contribution is -1.93. The number of halogens is 2. The topological polar surface area (TPSA) is 65.6 Å². The van der Waals surface area contributed by atoms with E-state index in [1.807, 2.05) is 42.5 Å². The predicted octanol–water partition coefficient (Wildman–Crippen LogP) is 6.17. The SMILES string of the molecule is Clc1ccc(-c2nc(-c3ccc4c(c3)OCO4)c(-c3ccc4c(c3)OCO4)[nH]2)c(Cl)c1. The highest BCUT2D eigenvalue weighted by Gasteiger charge is 2.22. The Hall–Kier alpha value is -3.35. The minimum absolute atomic E-state index is 0.208. The van der Waals surface area contributed by atoms with Crippen LogP contribution in [0.25, 0.3) is 33.9 Å². The van der Waals surface area contributed by atoms with E-state index in [2.05, 4.69) is 4.98 Å². The Morgan fingerprint density at radius 3 is 2.06 bits per heavy atom. The molecule has 6 rings (SSSR count). The fourth-order valence-corrected chi connectivity index (χ4v) is 4.19. The van der Waals surface area contributed by atoms with Crippen LogP contribution < -0.4 is 18.9 Å². The number of aromatic amines is 1. The zero-order chi connectivity index (χ0) is 20.9. The number of imidazole rings is 1. The summed E-state index contributed by atoms with van der Waals surface area (Å²) in [7, 11) is 0. The van der Waals surface area contributed by atoms with Crippen LogP contribution in [0.15, 0.2) is 54.6 Å². The van der Waals surface area contributed by atoms with Crippen LogP contribution in [0.4, 0.5) is 0 Å². The maximum atomic E-state index is 6.45. The molecule has 0 radical (unpaired) electrons. The molecule has 31 heavy (non-hydrogen) atoms. The molecular weight excluding hydrogens is 439 g/mol. The molecule has 0 fully saturated rings. The Kier molecular flexibility index (Phi) is 4.23. The van der Waals surface area contributed by atoms with Crippen LogP contribution in [0.1, 0.15) is 0 Å². The van der Waals surface area contributed by atoms with Gasteiger partial charge in [-0.15, -0.1) is 0 Å². The van der Waals surface area contributed by atoms with Crippen LogP contribution in [0, 0.1) is 0 Å². The number of ether oxygens (including phenoxy) is 4. The molecule has 3 heterocycles. The average molecular weight is 453 g/mol. The highest BCUT2D eigenvalue weighted by atomic mass is 35.5. The molecular formula is C23H14Cl2N2O4. The fraction of sp³-hybridized carbons (Fsp3) is 0.0870. The van der Waals surface area contributed by atoms with E-state index in [-0.39, 0.29) is 13.6 Å². The summed E-state index contributed by atoms with van der Waals surface area (Å²) in [6.45, 7) is 0.419. The number of fused-ring (bicyclic) bond motifs is 2. The molecule has 0 bridgehead atoms. The number of hydrogen-bond donors (Lipinski definition) is 1. The molecule has 0 atom stereocenters. The smallest absolute Gasteiger partial charge is 0.231 e. The second-order valence-electron chi connectivity index (χ2n) is 7.07. The molecule has 0 saturated heterocycles. The van der Waals surface area contributed by atoms with Gasteiger partial charge in [-0.3, -0.25) is 0 Å². The molecule has 2 aliphatic heterocycles. The molecule has 6 nitrogen and oxygen atoms in total. The summed E-state index contributed by atoms with van der Waals surface area (Å²) in [5.74, 6) is 3.43. The van der Waals surface area contributed by atoms with E-state index in [1.165, 1.54) is 0 Å². The van der Waals surface area contributed by atoms with Crippen molar-refractivity contribution < 1.29 is 18.9 Å². The van der Waals surface area contributed by atoms with Crippen molar-refractivity contribution in [1.29, 1.82) is 0 Å². The summed E-state index contributed by atoms with van der Waals surface area (Å²) in [5, 5.41) is 1.07. The van der Waals surface area contributed by atoms with Gasteiger partial charge in [-0.1, -0.05) is 23.2 Å². The van der Waals surface area contributed by atoms with Gasteiger partial charge in [-0.25, -0.2) is 4.98 Å². The van der Waals surface area contributed by atoms with Crippen LogP contribution in [0.5, 0.6) is 23.0 Å². The summed E-state index contributed by atoms with van der Waals surface area (Å²) in [5.41, 5.74) is 4.10. The number of nitrogens with zero attached hydrogens (tertiary/aromatic N) is 1. The molecule has 0 spiro atoms. The minimum atomic E-state index is 0.208. The maximum absolute atomic E-state index is 6.45. The standard InChI is InChI=1S/C23H14Cl2N2O4/c24-14-3-4-15(16(25)9-14)23-26-21(12-1-5-17-19(7-12)30-10-28-17)22(27-23)13-2-6-18-20(8-13)31-11-29-18/h1-9H,10-11H2,(H,26,27). The summed E-state index contributed by atoms with van der Waals surface area (Å²) in [4.78, 5) is 8.31. The van der Waals surface area contributed by atoms with E-state index < -0.39 is 0 Å². The van der Waals surface area contributed by atoms with E-state index in [9.17, 15) is 0 Å². The number of benzene rings is 3. The van der Waals surface area contributed by atoms with Gasteiger partial charge in [0.2, 0.25) is 13.6 Å². The van der Waals surface area contributed by atoms with E-state index in [1.54, 1.807) is 12.1 Å². The van der Waals surface area contributed by atoms with E-state index in [4.69, 9.17) is 47.1 Å². The lowest BCUT2D eigenvalue weighted by molar-refractivity contribution is 0.173. The van der Waals surface area contributed by atoms with Crippen molar-refractivity contribution in [3.05, 3.63) is 64.6 Å². The predicted molar refractivity (Wildman–Crippen MR) is 117 cm³/mol. The first-order chi connectivity index (χ1) is 15.2. The minimum Gasteiger partial charge on any atom is -0.454 e. The van der Waals surface area contributed by atoms with Crippen LogP contribution in [0.3, 0.4) is 0 Å². The Morgan fingerprint density at radius 2 is 1.35 bits per heavy atom. The van der Waals surface area contributed by atoms with Crippen molar-refractivity contribution in [1.82, 2.24) is 9.97 Å². The molecule has 154 valence electrons. The summed E-state index contributed by atoms with van der Waals surface area (Å²) in [6.07, 6.45) is 0. The third-order valence-electron chi connectivity index (χ3n) is 5.20. The number of rotatable bonds is 3. The van der Waals surface area contributed by atoms with Crippen molar-refractivity contribution in [2.75, 3.05) is 13.6 Å².